The number of methoxy groups -OCH3 is 1. The third-order valence-corrected chi connectivity index (χ3v) is 5.97. The number of benzene rings is 2. The summed E-state index contributed by atoms with van der Waals surface area (Å²) in [6.45, 7) is 5.19. The molecule has 0 unspecified atom stereocenters. The lowest BCUT2D eigenvalue weighted by Gasteiger charge is -2.17. The van der Waals surface area contributed by atoms with E-state index in [-0.39, 0.29) is 10.6 Å². The van der Waals surface area contributed by atoms with Gasteiger partial charge in [-0.2, -0.15) is 0 Å². The van der Waals surface area contributed by atoms with Gasteiger partial charge in [-0.25, -0.2) is 12.8 Å². The summed E-state index contributed by atoms with van der Waals surface area (Å²) in [5.74, 6) is 0.0143. The molecule has 0 fully saturated rings. The van der Waals surface area contributed by atoms with Crippen LogP contribution in [-0.2, 0) is 10.0 Å². The molecular formula is C16H17FINO3S. The highest BCUT2D eigenvalue weighted by Gasteiger charge is 2.23. The molecule has 1 N–H and O–H groups in total. The van der Waals surface area contributed by atoms with E-state index in [1.165, 1.54) is 19.2 Å². The summed E-state index contributed by atoms with van der Waals surface area (Å²) in [7, 11) is -2.37. The second-order valence-electron chi connectivity index (χ2n) is 5.20. The molecule has 4 nitrogen and oxygen atoms in total. The molecular weight excluding hydrogens is 432 g/mol. The van der Waals surface area contributed by atoms with Crippen molar-refractivity contribution in [1.82, 2.24) is 0 Å². The highest BCUT2D eigenvalue weighted by Crippen LogP contribution is 2.32. The van der Waals surface area contributed by atoms with Crippen molar-refractivity contribution < 1.29 is 17.5 Å². The van der Waals surface area contributed by atoms with Crippen molar-refractivity contribution in [3.8, 4) is 5.75 Å². The van der Waals surface area contributed by atoms with Crippen molar-refractivity contribution >= 4 is 38.3 Å². The van der Waals surface area contributed by atoms with Gasteiger partial charge in [0.15, 0.2) is 0 Å². The van der Waals surface area contributed by atoms with Crippen LogP contribution in [-0.4, -0.2) is 15.5 Å². The van der Waals surface area contributed by atoms with E-state index >= 15 is 0 Å². The largest absolute Gasteiger partial charge is 0.496 e. The molecule has 7 heteroatoms. The molecule has 2 rings (SSSR count). The number of sulfonamides is 1. The number of ether oxygens (including phenoxy) is 1. The quantitative estimate of drug-likeness (QED) is 0.714. The number of halogens is 2. The Morgan fingerprint density at radius 1 is 1.13 bits per heavy atom. The van der Waals surface area contributed by atoms with E-state index in [2.05, 4.69) is 4.72 Å². The van der Waals surface area contributed by atoms with Gasteiger partial charge < -0.3 is 4.74 Å². The van der Waals surface area contributed by atoms with Gasteiger partial charge in [-0.3, -0.25) is 4.72 Å². The molecule has 0 aliphatic carbocycles. The van der Waals surface area contributed by atoms with E-state index < -0.39 is 15.8 Å². The first-order valence-corrected chi connectivity index (χ1v) is 9.36. The van der Waals surface area contributed by atoms with Crippen LogP contribution >= 0.6 is 22.6 Å². The minimum absolute atomic E-state index is 0.0716. The van der Waals surface area contributed by atoms with Crippen LogP contribution in [0.15, 0.2) is 29.2 Å². The molecule has 0 atom stereocenters. The van der Waals surface area contributed by atoms with E-state index in [1.54, 1.807) is 32.9 Å². The van der Waals surface area contributed by atoms with Gasteiger partial charge in [-0.05, 0) is 84.3 Å². The first-order valence-electron chi connectivity index (χ1n) is 6.80. The molecule has 0 heterocycles. The summed E-state index contributed by atoms with van der Waals surface area (Å²) in [5, 5.41) is 0. The van der Waals surface area contributed by atoms with Crippen LogP contribution in [0.3, 0.4) is 0 Å². The molecule has 0 saturated heterocycles. The number of aryl methyl sites for hydroxylation is 1. The maximum atomic E-state index is 13.9. The molecule has 0 aromatic heterocycles. The molecule has 0 bridgehead atoms. The molecule has 0 aliphatic heterocycles. The van der Waals surface area contributed by atoms with Crippen LogP contribution in [0, 0.1) is 30.2 Å². The topological polar surface area (TPSA) is 55.4 Å². The molecule has 2 aromatic carbocycles. The summed E-state index contributed by atoms with van der Waals surface area (Å²) in [5.41, 5.74) is 1.79. The fourth-order valence-corrected chi connectivity index (χ4v) is 4.46. The van der Waals surface area contributed by atoms with Crippen molar-refractivity contribution in [2.24, 2.45) is 0 Å². The molecule has 0 spiro atoms. The van der Waals surface area contributed by atoms with Gasteiger partial charge in [0.25, 0.3) is 10.0 Å². The number of hydrogen-bond donors (Lipinski definition) is 1. The van der Waals surface area contributed by atoms with Crippen molar-refractivity contribution in [2.75, 3.05) is 11.8 Å². The van der Waals surface area contributed by atoms with Crippen LogP contribution in [0.5, 0.6) is 5.75 Å². The molecule has 0 saturated carbocycles. The monoisotopic (exact) mass is 449 g/mol. The first kappa shape index (κ1) is 18.0. The Morgan fingerprint density at radius 3 is 2.35 bits per heavy atom. The van der Waals surface area contributed by atoms with Crippen molar-refractivity contribution in [1.29, 1.82) is 0 Å². The number of rotatable bonds is 4. The summed E-state index contributed by atoms with van der Waals surface area (Å²) < 4.78 is 47.6. The number of hydrogen-bond acceptors (Lipinski definition) is 3. The van der Waals surface area contributed by atoms with Gasteiger partial charge >= 0.3 is 0 Å². The second kappa shape index (κ2) is 6.64. The van der Waals surface area contributed by atoms with Crippen molar-refractivity contribution in [2.45, 2.75) is 25.7 Å². The Kier molecular flexibility index (Phi) is 5.20. The average Bonchev–Trinajstić information content (AvgIpc) is 2.45. The summed E-state index contributed by atoms with van der Waals surface area (Å²) in [4.78, 5) is 0.147. The van der Waals surface area contributed by atoms with Crippen LogP contribution in [0.25, 0.3) is 0 Å². The molecule has 2 aromatic rings. The maximum absolute atomic E-state index is 13.9. The molecule has 0 aliphatic rings. The maximum Gasteiger partial charge on any atom is 0.262 e. The Balaban J connectivity index is 2.54. The summed E-state index contributed by atoms with van der Waals surface area (Å²) >= 11 is 1.96. The van der Waals surface area contributed by atoms with E-state index in [4.69, 9.17) is 4.74 Å². The van der Waals surface area contributed by atoms with Crippen LogP contribution in [0.2, 0.25) is 0 Å². The van der Waals surface area contributed by atoms with Gasteiger partial charge in [0.05, 0.1) is 17.7 Å². The summed E-state index contributed by atoms with van der Waals surface area (Å²) in [6, 6.07) is 5.99. The van der Waals surface area contributed by atoms with Crippen molar-refractivity contribution in [3.05, 3.63) is 50.3 Å². The lowest BCUT2D eigenvalue weighted by atomic mass is 10.1. The van der Waals surface area contributed by atoms with Gasteiger partial charge in [-0.1, -0.05) is 0 Å². The average molecular weight is 449 g/mol. The third-order valence-electron chi connectivity index (χ3n) is 3.64. The van der Waals surface area contributed by atoms with Crippen LogP contribution in [0.4, 0.5) is 10.1 Å². The summed E-state index contributed by atoms with van der Waals surface area (Å²) in [6.07, 6.45) is 0. The van der Waals surface area contributed by atoms with Gasteiger partial charge in [0.2, 0.25) is 0 Å². The molecule has 0 amide bonds. The molecule has 23 heavy (non-hydrogen) atoms. The zero-order valence-electron chi connectivity index (χ0n) is 13.2. The molecule has 0 radical (unpaired) electrons. The lowest BCUT2D eigenvalue weighted by molar-refractivity contribution is 0.410. The predicted octanol–water partition coefficient (Wildman–Crippen LogP) is 4.16. The van der Waals surface area contributed by atoms with Gasteiger partial charge in [-0.15, -0.1) is 0 Å². The van der Waals surface area contributed by atoms with Gasteiger partial charge in [0.1, 0.15) is 11.6 Å². The SMILES string of the molecule is COc1cc(C)c(S(=O)(=O)Nc2ccc(I)cc2F)c(C)c1C. The Bertz CT molecular complexity index is 866. The van der Waals surface area contributed by atoms with Gasteiger partial charge in [0, 0.05) is 3.57 Å². The highest BCUT2D eigenvalue weighted by atomic mass is 127. The minimum atomic E-state index is -3.91. The van der Waals surface area contributed by atoms with E-state index in [1.807, 2.05) is 22.6 Å². The normalized spacial score (nSPS) is 11.4. The Morgan fingerprint density at radius 2 is 1.78 bits per heavy atom. The van der Waals surface area contributed by atoms with E-state index in [9.17, 15) is 12.8 Å². The zero-order valence-corrected chi connectivity index (χ0v) is 16.2. The fraction of sp³-hybridized carbons (Fsp3) is 0.250. The standard InChI is InChI=1S/C16H17FINO3S/c1-9-7-15(22-4)10(2)11(3)16(9)23(20,21)19-14-6-5-12(18)8-13(14)17/h5-8,19H,1-4H3. The smallest absolute Gasteiger partial charge is 0.262 e. The fourth-order valence-electron chi connectivity index (χ4n) is 2.41. The number of nitrogens with one attached hydrogen (secondary N) is 1. The molecule has 124 valence electrons. The Labute approximate surface area is 149 Å². The highest BCUT2D eigenvalue weighted by molar-refractivity contribution is 14.1. The predicted molar refractivity (Wildman–Crippen MR) is 97.1 cm³/mol. The zero-order chi connectivity index (χ0) is 17.4. The van der Waals surface area contributed by atoms with Crippen LogP contribution in [0.1, 0.15) is 16.7 Å². The number of anilines is 1. The second-order valence-corrected chi connectivity index (χ2v) is 8.07. The third kappa shape index (κ3) is 3.60. The minimum Gasteiger partial charge on any atom is -0.496 e. The lowest BCUT2D eigenvalue weighted by Crippen LogP contribution is -2.17. The Hall–Kier alpha value is -1.35. The van der Waals surface area contributed by atoms with Crippen LogP contribution < -0.4 is 9.46 Å². The first-order chi connectivity index (χ1) is 10.7. The van der Waals surface area contributed by atoms with Crippen molar-refractivity contribution in [3.63, 3.8) is 0 Å². The van der Waals surface area contributed by atoms with E-state index in [0.29, 0.717) is 20.4 Å². The van der Waals surface area contributed by atoms with E-state index in [0.717, 1.165) is 5.56 Å².